The largest absolute Gasteiger partial charge is 0.330 e. The van der Waals surface area contributed by atoms with Crippen molar-refractivity contribution in [3.05, 3.63) is 35.4 Å². The molecule has 2 N–H and O–H groups in total. The fraction of sp³-hybridized carbons (Fsp3) is 0.500. The summed E-state index contributed by atoms with van der Waals surface area (Å²) < 4.78 is 0. The van der Waals surface area contributed by atoms with E-state index in [1.807, 2.05) is 11.8 Å². The molecule has 0 aliphatic carbocycles. The Morgan fingerprint density at radius 3 is 2.67 bits per heavy atom. The topological polar surface area (TPSA) is 29.3 Å². The minimum atomic E-state index is 0.766. The third-order valence-electron chi connectivity index (χ3n) is 2.02. The molecule has 1 aromatic carbocycles. The summed E-state index contributed by atoms with van der Waals surface area (Å²) in [5.74, 6) is 2.11. The maximum atomic E-state index is 5.46. The highest BCUT2D eigenvalue weighted by atomic mass is 32.2. The van der Waals surface area contributed by atoms with E-state index in [2.05, 4.69) is 43.3 Å². The lowest BCUT2D eigenvalue weighted by Gasteiger charge is -2.10. The zero-order valence-corrected chi connectivity index (χ0v) is 10.4. The van der Waals surface area contributed by atoms with Crippen LogP contribution in [-0.2, 0) is 12.3 Å². The van der Waals surface area contributed by atoms with Gasteiger partial charge in [-0.05, 0) is 25.2 Å². The van der Waals surface area contributed by atoms with Crippen LogP contribution >= 0.6 is 11.8 Å². The molecule has 0 bridgehead atoms. The molecule has 0 fully saturated rings. The molecule has 0 aliphatic heterocycles. The van der Waals surface area contributed by atoms with E-state index in [-0.39, 0.29) is 0 Å². The Morgan fingerprint density at radius 1 is 1.27 bits per heavy atom. The van der Waals surface area contributed by atoms with Gasteiger partial charge >= 0.3 is 0 Å². The second-order valence-electron chi connectivity index (χ2n) is 3.90. The Balaban J connectivity index is 2.50. The van der Waals surface area contributed by atoms with Gasteiger partial charge in [-0.25, -0.2) is 0 Å². The van der Waals surface area contributed by atoms with Gasteiger partial charge in [0.2, 0.25) is 0 Å². The van der Waals surface area contributed by atoms with Crippen molar-refractivity contribution in [2.75, 3.05) is 26.4 Å². The van der Waals surface area contributed by atoms with Crippen LogP contribution in [0.5, 0.6) is 0 Å². The molecule has 84 valence electrons. The zero-order chi connectivity index (χ0) is 11.1. The van der Waals surface area contributed by atoms with Crippen molar-refractivity contribution in [1.29, 1.82) is 0 Å². The third kappa shape index (κ3) is 5.21. The van der Waals surface area contributed by atoms with Crippen LogP contribution in [0.3, 0.4) is 0 Å². The molecule has 0 heterocycles. The number of rotatable bonds is 6. The number of nitrogens with two attached hydrogens (primary N) is 1. The summed E-state index contributed by atoms with van der Waals surface area (Å²) in [6, 6.07) is 8.78. The average Bonchev–Trinajstić information content (AvgIpc) is 2.18. The van der Waals surface area contributed by atoms with Crippen LogP contribution in [0.25, 0.3) is 0 Å². The first-order valence-corrected chi connectivity index (χ1v) is 6.38. The zero-order valence-electron chi connectivity index (χ0n) is 9.57. The Hall–Kier alpha value is -0.510. The van der Waals surface area contributed by atoms with E-state index in [0.29, 0.717) is 0 Å². The van der Waals surface area contributed by atoms with Crippen molar-refractivity contribution in [1.82, 2.24) is 4.90 Å². The lowest BCUT2D eigenvalue weighted by molar-refractivity contribution is 0.402. The van der Waals surface area contributed by atoms with Crippen molar-refractivity contribution < 1.29 is 0 Å². The highest BCUT2D eigenvalue weighted by Gasteiger charge is 1.97. The van der Waals surface area contributed by atoms with Gasteiger partial charge in [0.15, 0.2) is 0 Å². The fourth-order valence-corrected chi connectivity index (χ4v) is 2.18. The Kier molecular flexibility index (Phi) is 5.76. The molecule has 3 heteroatoms. The van der Waals surface area contributed by atoms with Gasteiger partial charge in [0.1, 0.15) is 0 Å². The quantitative estimate of drug-likeness (QED) is 0.749. The standard InChI is InChI=1S/C12H20N2S/c1-14(2)9-11-4-3-5-12(8-11)10-15-7-6-13/h3-5,8H,6-7,9-10,13H2,1-2H3. The number of thioether (sulfide) groups is 1. The molecule has 0 amide bonds. The van der Waals surface area contributed by atoms with Crippen LogP contribution in [0, 0.1) is 0 Å². The van der Waals surface area contributed by atoms with Gasteiger partial charge in [-0.3, -0.25) is 0 Å². The minimum absolute atomic E-state index is 0.766. The van der Waals surface area contributed by atoms with Gasteiger partial charge < -0.3 is 10.6 Å². The second kappa shape index (κ2) is 6.88. The summed E-state index contributed by atoms with van der Waals surface area (Å²) in [4.78, 5) is 2.19. The molecule has 0 spiro atoms. The Labute approximate surface area is 96.8 Å². The molecule has 15 heavy (non-hydrogen) atoms. The van der Waals surface area contributed by atoms with Gasteiger partial charge in [-0.2, -0.15) is 11.8 Å². The normalized spacial score (nSPS) is 10.9. The number of hydrogen-bond acceptors (Lipinski definition) is 3. The first-order valence-electron chi connectivity index (χ1n) is 5.22. The first-order chi connectivity index (χ1) is 7.22. The van der Waals surface area contributed by atoms with Crippen LogP contribution in [0.2, 0.25) is 0 Å². The molecule has 2 nitrogen and oxygen atoms in total. The predicted molar refractivity (Wildman–Crippen MR) is 69.0 cm³/mol. The van der Waals surface area contributed by atoms with Crippen LogP contribution in [-0.4, -0.2) is 31.3 Å². The van der Waals surface area contributed by atoms with Crippen LogP contribution in [0.4, 0.5) is 0 Å². The van der Waals surface area contributed by atoms with E-state index < -0.39 is 0 Å². The number of nitrogens with zero attached hydrogens (tertiary/aromatic N) is 1. The molecule has 0 atom stereocenters. The molecule has 0 aromatic heterocycles. The van der Waals surface area contributed by atoms with E-state index in [9.17, 15) is 0 Å². The highest BCUT2D eigenvalue weighted by Crippen LogP contribution is 2.13. The number of benzene rings is 1. The first kappa shape index (κ1) is 12.6. The van der Waals surface area contributed by atoms with E-state index in [1.165, 1.54) is 11.1 Å². The van der Waals surface area contributed by atoms with Gasteiger partial charge in [-0.15, -0.1) is 0 Å². The lowest BCUT2D eigenvalue weighted by Crippen LogP contribution is -2.10. The van der Waals surface area contributed by atoms with Crippen molar-refractivity contribution in [2.24, 2.45) is 5.73 Å². The Morgan fingerprint density at radius 2 is 2.00 bits per heavy atom. The maximum Gasteiger partial charge on any atom is 0.0227 e. The summed E-state index contributed by atoms with van der Waals surface area (Å²) in [5, 5.41) is 0. The molecule has 1 aromatic rings. The molecule has 0 unspecified atom stereocenters. The third-order valence-corrected chi connectivity index (χ3v) is 3.08. The van der Waals surface area contributed by atoms with E-state index >= 15 is 0 Å². The number of hydrogen-bond donors (Lipinski definition) is 1. The van der Waals surface area contributed by atoms with Gasteiger partial charge in [0, 0.05) is 24.6 Å². The SMILES string of the molecule is CN(C)Cc1cccc(CSCCN)c1. The molecular formula is C12H20N2S. The summed E-state index contributed by atoms with van der Waals surface area (Å²) in [7, 11) is 4.19. The van der Waals surface area contributed by atoms with Crippen LogP contribution < -0.4 is 5.73 Å². The molecular weight excluding hydrogens is 204 g/mol. The molecule has 1 rings (SSSR count). The van der Waals surface area contributed by atoms with Gasteiger partial charge in [-0.1, -0.05) is 24.3 Å². The summed E-state index contributed by atoms with van der Waals surface area (Å²) >= 11 is 1.90. The molecule has 0 saturated heterocycles. The van der Waals surface area contributed by atoms with Crippen molar-refractivity contribution >= 4 is 11.8 Å². The Bertz CT molecular complexity index is 287. The molecule has 0 radical (unpaired) electrons. The van der Waals surface area contributed by atoms with Gasteiger partial charge in [0.25, 0.3) is 0 Å². The smallest absolute Gasteiger partial charge is 0.0227 e. The predicted octanol–water partition coefficient (Wildman–Crippen LogP) is 1.94. The van der Waals surface area contributed by atoms with Crippen LogP contribution in [0.1, 0.15) is 11.1 Å². The summed E-state index contributed by atoms with van der Waals surface area (Å²) in [6.45, 7) is 1.78. The fourth-order valence-electron chi connectivity index (χ4n) is 1.46. The molecule has 0 saturated carbocycles. The van der Waals surface area contributed by atoms with E-state index in [4.69, 9.17) is 5.73 Å². The monoisotopic (exact) mass is 224 g/mol. The highest BCUT2D eigenvalue weighted by molar-refractivity contribution is 7.98. The van der Waals surface area contributed by atoms with Crippen molar-refractivity contribution in [2.45, 2.75) is 12.3 Å². The summed E-state index contributed by atoms with van der Waals surface area (Å²) in [6.07, 6.45) is 0. The van der Waals surface area contributed by atoms with Crippen molar-refractivity contribution in [3.63, 3.8) is 0 Å². The summed E-state index contributed by atoms with van der Waals surface area (Å²) in [5.41, 5.74) is 8.24. The second-order valence-corrected chi connectivity index (χ2v) is 5.00. The molecule has 0 aliphatic rings. The lowest BCUT2D eigenvalue weighted by atomic mass is 10.1. The van der Waals surface area contributed by atoms with Crippen molar-refractivity contribution in [3.8, 4) is 0 Å². The van der Waals surface area contributed by atoms with Crippen LogP contribution in [0.15, 0.2) is 24.3 Å². The van der Waals surface area contributed by atoms with Gasteiger partial charge in [0.05, 0.1) is 0 Å². The minimum Gasteiger partial charge on any atom is -0.330 e. The van der Waals surface area contributed by atoms with E-state index in [0.717, 1.165) is 24.6 Å². The average molecular weight is 224 g/mol. The van der Waals surface area contributed by atoms with E-state index in [1.54, 1.807) is 0 Å². The maximum absolute atomic E-state index is 5.46.